The second-order valence-corrected chi connectivity index (χ2v) is 3.52. The van der Waals surface area contributed by atoms with Crippen LogP contribution in [0.25, 0.3) is 0 Å². The van der Waals surface area contributed by atoms with Crippen LogP contribution in [0.5, 0.6) is 0 Å². The Kier molecular flexibility index (Phi) is 7.28. The summed E-state index contributed by atoms with van der Waals surface area (Å²) in [6.45, 7) is 5.69. The molecule has 0 spiro atoms. The van der Waals surface area contributed by atoms with Crippen LogP contribution in [0.15, 0.2) is 0 Å². The van der Waals surface area contributed by atoms with Crippen molar-refractivity contribution >= 4 is 12.4 Å². The predicted molar refractivity (Wildman–Crippen MR) is 51.0 cm³/mol. The normalized spacial score (nSPS) is 13.9. The highest BCUT2D eigenvalue weighted by Crippen LogP contribution is 2.12. The summed E-state index contributed by atoms with van der Waals surface area (Å²) in [5.41, 5.74) is 5.12. The number of halogens is 1. The lowest BCUT2D eigenvalue weighted by Crippen LogP contribution is -2.25. The Morgan fingerprint density at radius 1 is 1.45 bits per heavy atom. The molecule has 2 nitrogen and oxygen atoms in total. The van der Waals surface area contributed by atoms with Crippen molar-refractivity contribution < 1.29 is 5.11 Å². The first-order valence-electron chi connectivity index (χ1n) is 3.93. The van der Waals surface area contributed by atoms with E-state index in [9.17, 15) is 5.11 Å². The fraction of sp³-hybridized carbons (Fsp3) is 1.00. The Hall–Kier alpha value is 0.210. The summed E-state index contributed by atoms with van der Waals surface area (Å²) in [7, 11) is 0. The van der Waals surface area contributed by atoms with Crippen molar-refractivity contribution in [3.8, 4) is 0 Å². The zero-order valence-electron chi connectivity index (χ0n) is 7.63. The van der Waals surface area contributed by atoms with Crippen LogP contribution in [0.4, 0.5) is 0 Å². The fourth-order valence-electron chi connectivity index (χ4n) is 0.743. The van der Waals surface area contributed by atoms with Gasteiger partial charge in [0.05, 0.1) is 5.60 Å². The van der Waals surface area contributed by atoms with Gasteiger partial charge in [0.15, 0.2) is 0 Å². The third-order valence-electron chi connectivity index (χ3n) is 1.65. The zero-order valence-corrected chi connectivity index (χ0v) is 8.45. The highest BCUT2D eigenvalue weighted by Gasteiger charge is 2.13. The molecule has 3 N–H and O–H groups in total. The minimum atomic E-state index is -0.549. The van der Waals surface area contributed by atoms with E-state index in [0.29, 0.717) is 0 Å². The molecule has 0 aliphatic rings. The van der Waals surface area contributed by atoms with Crippen LogP contribution < -0.4 is 5.73 Å². The van der Waals surface area contributed by atoms with Crippen LogP contribution in [-0.2, 0) is 0 Å². The van der Waals surface area contributed by atoms with E-state index in [0.717, 1.165) is 19.3 Å². The van der Waals surface area contributed by atoms with Crippen LogP contribution in [0, 0.1) is 0 Å². The van der Waals surface area contributed by atoms with Crippen molar-refractivity contribution in [1.29, 1.82) is 0 Å². The SMILES string of the molecule is CCC(N)CCC(C)(C)O.Cl. The van der Waals surface area contributed by atoms with Crippen LogP contribution in [0.2, 0.25) is 0 Å². The topological polar surface area (TPSA) is 46.2 Å². The van der Waals surface area contributed by atoms with E-state index in [1.807, 2.05) is 13.8 Å². The molecule has 1 atom stereocenters. The Morgan fingerprint density at radius 2 is 1.91 bits per heavy atom. The van der Waals surface area contributed by atoms with Crippen molar-refractivity contribution in [3.05, 3.63) is 0 Å². The summed E-state index contributed by atoms with van der Waals surface area (Å²) < 4.78 is 0. The molecule has 70 valence electrons. The van der Waals surface area contributed by atoms with Crippen LogP contribution in [-0.4, -0.2) is 16.7 Å². The molecule has 11 heavy (non-hydrogen) atoms. The van der Waals surface area contributed by atoms with Gasteiger partial charge < -0.3 is 10.8 Å². The number of rotatable bonds is 4. The summed E-state index contributed by atoms with van der Waals surface area (Å²) in [6, 6.07) is 0.256. The molecule has 0 amide bonds. The van der Waals surface area contributed by atoms with Crippen LogP contribution in [0.3, 0.4) is 0 Å². The molecule has 0 aromatic heterocycles. The summed E-state index contributed by atoms with van der Waals surface area (Å²) in [5, 5.41) is 9.31. The molecule has 0 saturated heterocycles. The monoisotopic (exact) mass is 181 g/mol. The van der Waals surface area contributed by atoms with Gasteiger partial charge in [0.2, 0.25) is 0 Å². The number of aliphatic hydroxyl groups is 1. The molecule has 0 aromatic rings. The molecule has 0 rings (SSSR count). The van der Waals surface area contributed by atoms with Gasteiger partial charge in [-0.3, -0.25) is 0 Å². The molecule has 0 aliphatic carbocycles. The highest BCUT2D eigenvalue weighted by molar-refractivity contribution is 5.85. The number of hydrogen-bond donors (Lipinski definition) is 2. The summed E-state index contributed by atoms with van der Waals surface area (Å²) in [5.74, 6) is 0. The van der Waals surface area contributed by atoms with E-state index >= 15 is 0 Å². The summed E-state index contributed by atoms with van der Waals surface area (Å²) in [6.07, 6.45) is 2.71. The van der Waals surface area contributed by atoms with Crippen molar-refractivity contribution in [1.82, 2.24) is 0 Å². The maximum atomic E-state index is 9.31. The van der Waals surface area contributed by atoms with Gasteiger partial charge >= 0.3 is 0 Å². The Morgan fingerprint density at radius 3 is 2.18 bits per heavy atom. The second-order valence-electron chi connectivity index (χ2n) is 3.52. The lowest BCUT2D eigenvalue weighted by Gasteiger charge is -2.18. The lowest BCUT2D eigenvalue weighted by atomic mass is 9.99. The molecule has 0 aromatic carbocycles. The van der Waals surface area contributed by atoms with E-state index in [1.54, 1.807) is 0 Å². The maximum absolute atomic E-state index is 9.31. The van der Waals surface area contributed by atoms with Gasteiger partial charge in [-0.2, -0.15) is 0 Å². The van der Waals surface area contributed by atoms with E-state index in [1.165, 1.54) is 0 Å². The average Bonchev–Trinajstić information content (AvgIpc) is 1.81. The van der Waals surface area contributed by atoms with E-state index in [-0.39, 0.29) is 18.4 Å². The Bertz CT molecular complexity index is 90.6. The molecule has 0 saturated carbocycles. The van der Waals surface area contributed by atoms with Crippen LogP contribution >= 0.6 is 12.4 Å². The van der Waals surface area contributed by atoms with Gasteiger partial charge in [-0.25, -0.2) is 0 Å². The zero-order chi connectivity index (χ0) is 8.20. The molecule has 0 fully saturated rings. The van der Waals surface area contributed by atoms with Gasteiger partial charge in [-0.1, -0.05) is 6.92 Å². The Balaban J connectivity index is 0. The first kappa shape index (κ1) is 13.8. The first-order chi connectivity index (χ1) is 4.45. The summed E-state index contributed by atoms with van der Waals surface area (Å²) in [4.78, 5) is 0. The van der Waals surface area contributed by atoms with Crippen molar-refractivity contribution in [2.24, 2.45) is 5.73 Å². The minimum absolute atomic E-state index is 0. The Labute approximate surface area is 75.6 Å². The van der Waals surface area contributed by atoms with Crippen molar-refractivity contribution in [2.75, 3.05) is 0 Å². The highest BCUT2D eigenvalue weighted by atomic mass is 35.5. The van der Waals surface area contributed by atoms with E-state index in [4.69, 9.17) is 5.73 Å². The molecular weight excluding hydrogens is 162 g/mol. The maximum Gasteiger partial charge on any atom is 0.0592 e. The van der Waals surface area contributed by atoms with Gasteiger partial charge in [0, 0.05) is 6.04 Å². The smallest absolute Gasteiger partial charge is 0.0592 e. The van der Waals surface area contributed by atoms with Gasteiger partial charge in [-0.15, -0.1) is 12.4 Å². The summed E-state index contributed by atoms with van der Waals surface area (Å²) >= 11 is 0. The molecule has 0 radical (unpaired) electrons. The van der Waals surface area contributed by atoms with Crippen molar-refractivity contribution in [3.63, 3.8) is 0 Å². The predicted octanol–water partition coefficient (Wildman–Crippen LogP) is 1.70. The van der Waals surface area contributed by atoms with Gasteiger partial charge in [0.25, 0.3) is 0 Å². The van der Waals surface area contributed by atoms with E-state index < -0.39 is 5.60 Å². The van der Waals surface area contributed by atoms with Gasteiger partial charge in [-0.05, 0) is 33.1 Å². The lowest BCUT2D eigenvalue weighted by molar-refractivity contribution is 0.0666. The molecule has 1 unspecified atom stereocenters. The standard InChI is InChI=1S/C8H19NO.ClH/c1-4-7(9)5-6-8(2,3)10;/h7,10H,4-6,9H2,1-3H3;1H. The second kappa shape index (κ2) is 5.81. The molecule has 0 heterocycles. The average molecular weight is 182 g/mol. The largest absolute Gasteiger partial charge is 0.390 e. The third kappa shape index (κ3) is 10.2. The molecular formula is C8H20ClNO. The number of hydrogen-bond acceptors (Lipinski definition) is 2. The quantitative estimate of drug-likeness (QED) is 0.694. The molecule has 3 heteroatoms. The van der Waals surface area contributed by atoms with Crippen molar-refractivity contribution in [2.45, 2.75) is 51.7 Å². The van der Waals surface area contributed by atoms with E-state index in [2.05, 4.69) is 6.92 Å². The third-order valence-corrected chi connectivity index (χ3v) is 1.65. The minimum Gasteiger partial charge on any atom is -0.390 e. The number of nitrogens with two attached hydrogens (primary N) is 1. The van der Waals surface area contributed by atoms with Crippen LogP contribution in [0.1, 0.15) is 40.0 Å². The molecule has 0 aliphatic heterocycles. The first-order valence-corrected chi connectivity index (χ1v) is 3.93. The molecule has 0 bridgehead atoms. The fourth-order valence-corrected chi connectivity index (χ4v) is 0.743. The van der Waals surface area contributed by atoms with Gasteiger partial charge in [0.1, 0.15) is 0 Å².